The molecule has 0 bridgehead atoms. The van der Waals surface area contributed by atoms with E-state index in [-0.39, 0.29) is 0 Å². The maximum absolute atomic E-state index is 13.6. The van der Waals surface area contributed by atoms with Crippen LogP contribution in [0.4, 0.5) is 4.39 Å². The summed E-state index contributed by atoms with van der Waals surface area (Å²) in [5.41, 5.74) is 4.02. The molecule has 0 unspecified atom stereocenters. The Balaban J connectivity index is 4.36. The number of ether oxygens (including phenoxy) is 2. The van der Waals surface area contributed by atoms with Crippen LogP contribution in [0.5, 0.6) is 0 Å². The van der Waals surface area contributed by atoms with Crippen molar-refractivity contribution in [2.45, 2.75) is 71.4 Å². The maximum atomic E-state index is 13.6. The number of hydrogen-bond acceptors (Lipinski definition) is 5. The average molecular weight is 277 g/mol. The first kappa shape index (κ1) is 17.8. The van der Waals surface area contributed by atoms with E-state index in [1.807, 2.05) is 0 Å². The van der Waals surface area contributed by atoms with Crippen LogP contribution >= 0.6 is 0 Å². The van der Waals surface area contributed by atoms with Gasteiger partial charge < -0.3 is 15.2 Å². The Kier molecular flexibility index (Phi) is 5.93. The van der Waals surface area contributed by atoms with Gasteiger partial charge >= 0.3 is 11.9 Å². The standard InChI is InChI=1S/C13H24FNO4/c1-12(2,3)18-10(16)8(14)7-9(15)11(17)19-13(4,5)6/h8-9H,7,15H2,1-6H3/t8-,9+/m1/s1. The van der Waals surface area contributed by atoms with Gasteiger partial charge in [0, 0.05) is 6.42 Å². The van der Waals surface area contributed by atoms with Crippen LogP contribution < -0.4 is 5.73 Å². The van der Waals surface area contributed by atoms with Crippen LogP contribution in [0.2, 0.25) is 0 Å². The molecule has 0 aliphatic heterocycles. The highest BCUT2D eigenvalue weighted by atomic mass is 19.1. The quantitative estimate of drug-likeness (QED) is 0.792. The highest BCUT2D eigenvalue weighted by Gasteiger charge is 2.30. The topological polar surface area (TPSA) is 78.6 Å². The minimum Gasteiger partial charge on any atom is -0.459 e. The van der Waals surface area contributed by atoms with Gasteiger partial charge in [0.1, 0.15) is 17.2 Å². The van der Waals surface area contributed by atoms with E-state index in [4.69, 9.17) is 15.2 Å². The molecule has 0 aromatic heterocycles. The summed E-state index contributed by atoms with van der Waals surface area (Å²) in [6.45, 7) is 9.93. The summed E-state index contributed by atoms with van der Waals surface area (Å²) >= 11 is 0. The van der Waals surface area contributed by atoms with E-state index in [1.54, 1.807) is 41.5 Å². The molecule has 0 radical (unpaired) electrons. The Hall–Kier alpha value is -1.17. The molecule has 0 aliphatic rings. The molecule has 112 valence electrons. The third kappa shape index (κ3) is 8.53. The Bertz CT molecular complexity index is 299. The van der Waals surface area contributed by atoms with Gasteiger partial charge in [0.15, 0.2) is 6.17 Å². The Morgan fingerprint density at radius 3 is 1.74 bits per heavy atom. The van der Waals surface area contributed by atoms with Gasteiger partial charge in [0.2, 0.25) is 0 Å². The lowest BCUT2D eigenvalue weighted by Gasteiger charge is -2.24. The predicted octanol–water partition coefficient (Wildman–Crippen LogP) is 1.73. The van der Waals surface area contributed by atoms with Gasteiger partial charge in [0.25, 0.3) is 0 Å². The molecule has 6 heteroatoms. The van der Waals surface area contributed by atoms with E-state index in [0.717, 1.165) is 0 Å². The number of esters is 2. The van der Waals surface area contributed by atoms with E-state index in [9.17, 15) is 14.0 Å². The number of hydrogen-bond donors (Lipinski definition) is 1. The molecule has 0 aromatic rings. The normalized spacial score (nSPS) is 15.6. The molecule has 0 heterocycles. The van der Waals surface area contributed by atoms with Crippen molar-refractivity contribution in [1.29, 1.82) is 0 Å². The number of rotatable bonds is 4. The molecule has 0 fully saturated rings. The molecule has 0 saturated heterocycles. The van der Waals surface area contributed by atoms with Crippen molar-refractivity contribution in [3.8, 4) is 0 Å². The smallest absolute Gasteiger partial charge is 0.341 e. The molecule has 0 aromatic carbocycles. The van der Waals surface area contributed by atoms with Crippen LogP contribution in [0.25, 0.3) is 0 Å². The molecular formula is C13H24FNO4. The summed E-state index contributed by atoms with van der Waals surface area (Å²) in [5, 5.41) is 0. The highest BCUT2D eigenvalue weighted by Crippen LogP contribution is 2.14. The fourth-order valence-corrected chi connectivity index (χ4v) is 1.16. The number of nitrogens with two attached hydrogens (primary N) is 1. The van der Waals surface area contributed by atoms with E-state index < -0.39 is 41.8 Å². The lowest BCUT2D eigenvalue weighted by atomic mass is 10.1. The van der Waals surface area contributed by atoms with Gasteiger partial charge in [0.05, 0.1) is 0 Å². The first-order valence-corrected chi connectivity index (χ1v) is 6.17. The number of carbonyl (C=O) groups excluding carboxylic acids is 2. The van der Waals surface area contributed by atoms with E-state index >= 15 is 0 Å². The molecule has 5 nitrogen and oxygen atoms in total. The third-order valence-corrected chi connectivity index (χ3v) is 1.83. The summed E-state index contributed by atoms with van der Waals surface area (Å²) < 4.78 is 23.5. The first-order chi connectivity index (χ1) is 8.32. The zero-order valence-electron chi connectivity index (χ0n) is 12.5. The van der Waals surface area contributed by atoms with Crippen molar-refractivity contribution in [3.63, 3.8) is 0 Å². The van der Waals surface area contributed by atoms with Crippen LogP contribution in [-0.4, -0.2) is 35.4 Å². The molecule has 19 heavy (non-hydrogen) atoms. The zero-order valence-corrected chi connectivity index (χ0v) is 12.5. The summed E-state index contributed by atoms with van der Waals surface area (Å²) in [4.78, 5) is 22.9. The van der Waals surface area contributed by atoms with Crippen LogP contribution in [-0.2, 0) is 19.1 Å². The van der Waals surface area contributed by atoms with Crippen molar-refractivity contribution in [2.75, 3.05) is 0 Å². The largest absolute Gasteiger partial charge is 0.459 e. The second-order valence-corrected chi connectivity index (χ2v) is 6.38. The number of halogens is 1. The van der Waals surface area contributed by atoms with Crippen molar-refractivity contribution in [1.82, 2.24) is 0 Å². The summed E-state index contributed by atoms with van der Waals surface area (Å²) in [7, 11) is 0. The molecule has 0 spiro atoms. The number of carbonyl (C=O) groups is 2. The Morgan fingerprint density at radius 1 is 1.00 bits per heavy atom. The fourth-order valence-electron chi connectivity index (χ4n) is 1.16. The summed E-state index contributed by atoms with van der Waals surface area (Å²) in [6.07, 6.45) is -2.40. The molecule has 0 rings (SSSR count). The second kappa shape index (κ2) is 6.32. The minimum atomic E-state index is -1.94. The van der Waals surface area contributed by atoms with Crippen molar-refractivity contribution < 1.29 is 23.5 Å². The van der Waals surface area contributed by atoms with Gasteiger partial charge in [-0.25, -0.2) is 9.18 Å². The lowest BCUT2D eigenvalue weighted by molar-refractivity contribution is -0.163. The molecule has 2 atom stereocenters. The van der Waals surface area contributed by atoms with Gasteiger partial charge in [-0.05, 0) is 41.5 Å². The zero-order chi connectivity index (χ0) is 15.4. The fraction of sp³-hybridized carbons (Fsp3) is 0.846. The Labute approximate surface area is 113 Å². The molecule has 0 saturated carbocycles. The predicted molar refractivity (Wildman–Crippen MR) is 69.2 cm³/mol. The van der Waals surface area contributed by atoms with Gasteiger partial charge in [-0.2, -0.15) is 0 Å². The highest BCUT2D eigenvalue weighted by molar-refractivity contribution is 5.79. The second-order valence-electron chi connectivity index (χ2n) is 6.38. The van der Waals surface area contributed by atoms with Crippen LogP contribution in [0.1, 0.15) is 48.0 Å². The van der Waals surface area contributed by atoms with Gasteiger partial charge in [-0.15, -0.1) is 0 Å². The summed E-state index contributed by atoms with van der Waals surface area (Å²) in [5.74, 6) is -1.76. The van der Waals surface area contributed by atoms with E-state index in [0.29, 0.717) is 0 Å². The minimum absolute atomic E-state index is 0.455. The first-order valence-electron chi connectivity index (χ1n) is 6.17. The van der Waals surface area contributed by atoms with Crippen LogP contribution in [0.15, 0.2) is 0 Å². The van der Waals surface area contributed by atoms with Crippen molar-refractivity contribution in [2.24, 2.45) is 5.73 Å². The maximum Gasteiger partial charge on any atom is 0.341 e. The van der Waals surface area contributed by atoms with Crippen LogP contribution in [0.3, 0.4) is 0 Å². The van der Waals surface area contributed by atoms with E-state index in [2.05, 4.69) is 0 Å². The van der Waals surface area contributed by atoms with Gasteiger partial charge in [-0.1, -0.05) is 0 Å². The lowest BCUT2D eigenvalue weighted by Crippen LogP contribution is -2.41. The monoisotopic (exact) mass is 277 g/mol. The SMILES string of the molecule is CC(C)(C)OC(=O)[C@H](F)C[C@H](N)C(=O)OC(C)(C)C. The Morgan fingerprint density at radius 2 is 1.37 bits per heavy atom. The number of alkyl halides is 1. The average Bonchev–Trinajstić information content (AvgIpc) is 2.11. The van der Waals surface area contributed by atoms with Crippen molar-refractivity contribution in [3.05, 3.63) is 0 Å². The summed E-state index contributed by atoms with van der Waals surface area (Å²) in [6, 6.07) is -1.19. The van der Waals surface area contributed by atoms with Crippen LogP contribution in [0, 0.1) is 0 Å². The molecular weight excluding hydrogens is 253 g/mol. The molecule has 0 aliphatic carbocycles. The van der Waals surface area contributed by atoms with Gasteiger partial charge in [-0.3, -0.25) is 4.79 Å². The van der Waals surface area contributed by atoms with Crippen molar-refractivity contribution >= 4 is 11.9 Å². The third-order valence-electron chi connectivity index (χ3n) is 1.83. The molecule has 2 N–H and O–H groups in total. The van der Waals surface area contributed by atoms with E-state index in [1.165, 1.54) is 0 Å². The molecule has 0 amide bonds.